The molecule has 1 heterocycles. The molecule has 25 heavy (non-hydrogen) atoms. The van der Waals surface area contributed by atoms with Crippen LogP contribution in [0.4, 0.5) is 4.39 Å². The Labute approximate surface area is 147 Å². The van der Waals surface area contributed by atoms with Crippen molar-refractivity contribution < 1.29 is 21.2 Å². The average Bonchev–Trinajstić information content (AvgIpc) is 2.48. The molecule has 5 nitrogen and oxygen atoms in total. The predicted octanol–water partition coefficient (Wildman–Crippen LogP) is 2.29. The van der Waals surface area contributed by atoms with Gasteiger partial charge >= 0.3 is 0 Å². The monoisotopic (exact) mass is 383 g/mol. The first-order valence-corrected chi connectivity index (χ1v) is 10.7. The Bertz CT molecular complexity index is 1010. The van der Waals surface area contributed by atoms with Crippen molar-refractivity contribution in [3.63, 3.8) is 0 Å². The van der Waals surface area contributed by atoms with E-state index in [-0.39, 0.29) is 22.9 Å². The quantitative estimate of drug-likeness (QED) is 0.760. The van der Waals surface area contributed by atoms with Gasteiger partial charge < -0.3 is 0 Å². The third-order valence-corrected chi connectivity index (χ3v) is 8.44. The zero-order valence-electron chi connectivity index (χ0n) is 13.8. The lowest BCUT2D eigenvalue weighted by atomic mass is 10.1. The predicted molar refractivity (Wildman–Crippen MR) is 92.0 cm³/mol. The van der Waals surface area contributed by atoms with E-state index in [2.05, 4.69) is 0 Å². The van der Waals surface area contributed by atoms with E-state index < -0.39 is 30.9 Å². The molecule has 0 bridgehead atoms. The summed E-state index contributed by atoms with van der Waals surface area (Å²) in [4.78, 5) is 0.162. The van der Waals surface area contributed by atoms with Gasteiger partial charge in [0.1, 0.15) is 5.82 Å². The van der Waals surface area contributed by atoms with Gasteiger partial charge in [-0.15, -0.1) is 0 Å². The summed E-state index contributed by atoms with van der Waals surface area (Å²) in [5.74, 6) is -0.522. The molecule has 0 amide bonds. The van der Waals surface area contributed by atoms with Crippen LogP contribution in [-0.2, 0) is 19.9 Å². The van der Waals surface area contributed by atoms with Crippen LogP contribution in [0.15, 0.2) is 52.3 Å². The third-order valence-electron chi connectivity index (χ3n) is 4.51. The second-order valence-electron chi connectivity index (χ2n) is 6.19. The summed E-state index contributed by atoms with van der Waals surface area (Å²) < 4.78 is 64.3. The highest BCUT2D eigenvalue weighted by Crippen LogP contribution is 2.29. The lowest BCUT2D eigenvalue weighted by Gasteiger charge is -2.37. The molecule has 1 aliphatic rings. The van der Waals surface area contributed by atoms with Crippen LogP contribution < -0.4 is 0 Å². The molecular weight excluding hydrogens is 365 g/mol. The van der Waals surface area contributed by atoms with Gasteiger partial charge in [-0.1, -0.05) is 6.07 Å². The average molecular weight is 383 g/mol. The number of sulfone groups is 1. The van der Waals surface area contributed by atoms with Gasteiger partial charge in [0, 0.05) is 13.1 Å². The fourth-order valence-electron chi connectivity index (χ4n) is 2.63. The van der Waals surface area contributed by atoms with E-state index in [1.54, 1.807) is 12.1 Å². The number of nitrogens with zero attached hydrogens (tertiary/aromatic N) is 1. The molecule has 0 aromatic heterocycles. The van der Waals surface area contributed by atoms with Crippen molar-refractivity contribution in [2.75, 3.05) is 13.1 Å². The minimum absolute atomic E-state index is 0.00197. The number of hydrogen-bond acceptors (Lipinski definition) is 4. The molecule has 0 aliphatic carbocycles. The SMILES string of the molecule is Cc1ccc(S(=O)(=O)N2CC(S(=O)(=O)c3ccc(F)cc3)C2)cc1C. The summed E-state index contributed by atoms with van der Waals surface area (Å²) in [6.45, 7) is 3.51. The minimum atomic E-state index is -3.71. The lowest BCUT2D eigenvalue weighted by Crippen LogP contribution is -2.56. The number of hydrogen-bond donors (Lipinski definition) is 0. The Morgan fingerprint density at radius 2 is 1.44 bits per heavy atom. The molecule has 134 valence electrons. The van der Waals surface area contributed by atoms with Crippen LogP contribution in [0.2, 0.25) is 0 Å². The van der Waals surface area contributed by atoms with Crippen molar-refractivity contribution in [3.8, 4) is 0 Å². The number of rotatable bonds is 4. The van der Waals surface area contributed by atoms with Gasteiger partial charge in [-0.3, -0.25) is 0 Å². The number of benzene rings is 2. The van der Waals surface area contributed by atoms with Gasteiger partial charge in [0.2, 0.25) is 10.0 Å². The van der Waals surface area contributed by atoms with E-state index in [4.69, 9.17) is 0 Å². The van der Waals surface area contributed by atoms with Crippen LogP contribution in [-0.4, -0.2) is 39.5 Å². The van der Waals surface area contributed by atoms with Crippen LogP contribution in [0.3, 0.4) is 0 Å². The summed E-state index contributed by atoms with van der Waals surface area (Å²) >= 11 is 0. The topological polar surface area (TPSA) is 71.5 Å². The first kappa shape index (κ1) is 18.0. The van der Waals surface area contributed by atoms with Crippen molar-refractivity contribution in [3.05, 3.63) is 59.4 Å². The second kappa shape index (κ2) is 6.19. The Morgan fingerprint density at radius 3 is 2.00 bits per heavy atom. The molecule has 2 aromatic carbocycles. The molecule has 8 heteroatoms. The van der Waals surface area contributed by atoms with E-state index in [1.807, 2.05) is 13.8 Å². The van der Waals surface area contributed by atoms with Crippen LogP contribution in [0.1, 0.15) is 11.1 Å². The molecular formula is C17H18FNO4S2. The first-order valence-electron chi connectivity index (χ1n) is 7.69. The van der Waals surface area contributed by atoms with Gasteiger partial charge in [-0.05, 0) is 61.4 Å². The highest BCUT2D eigenvalue weighted by atomic mass is 32.2. The standard InChI is InChI=1S/C17H18FNO4S2/c1-12-3-6-16(9-13(12)2)25(22,23)19-10-17(11-19)24(20,21)15-7-4-14(18)5-8-15/h3-9,17H,10-11H2,1-2H3. The Morgan fingerprint density at radius 1 is 0.880 bits per heavy atom. The van der Waals surface area contributed by atoms with Crippen LogP contribution in [0.25, 0.3) is 0 Å². The van der Waals surface area contributed by atoms with E-state index in [0.29, 0.717) is 0 Å². The number of halogens is 1. The van der Waals surface area contributed by atoms with E-state index in [0.717, 1.165) is 27.6 Å². The summed E-state index contributed by atoms with van der Waals surface area (Å²) in [5, 5.41) is -0.820. The zero-order chi connectivity index (χ0) is 18.4. The van der Waals surface area contributed by atoms with Gasteiger partial charge in [-0.2, -0.15) is 4.31 Å². The molecule has 0 N–H and O–H groups in total. The molecule has 0 unspecified atom stereocenters. The maximum atomic E-state index is 13.0. The Kier molecular flexibility index (Phi) is 4.47. The van der Waals surface area contributed by atoms with Gasteiger partial charge in [-0.25, -0.2) is 21.2 Å². The van der Waals surface area contributed by atoms with Crippen molar-refractivity contribution in [1.29, 1.82) is 0 Å². The fourth-order valence-corrected chi connectivity index (χ4v) is 6.09. The maximum Gasteiger partial charge on any atom is 0.243 e. The van der Waals surface area contributed by atoms with Crippen LogP contribution in [0, 0.1) is 19.7 Å². The van der Waals surface area contributed by atoms with Crippen molar-refractivity contribution in [1.82, 2.24) is 4.31 Å². The van der Waals surface area contributed by atoms with Crippen LogP contribution >= 0.6 is 0 Å². The van der Waals surface area contributed by atoms with E-state index in [9.17, 15) is 21.2 Å². The molecule has 3 rings (SSSR count). The highest BCUT2D eigenvalue weighted by Gasteiger charge is 2.44. The second-order valence-corrected chi connectivity index (χ2v) is 10.4. The normalized spacial score (nSPS) is 16.6. The summed E-state index contributed by atoms with van der Waals surface area (Å²) in [5.41, 5.74) is 1.84. The van der Waals surface area contributed by atoms with Gasteiger partial charge in [0.15, 0.2) is 9.84 Å². The van der Waals surface area contributed by atoms with Crippen molar-refractivity contribution >= 4 is 19.9 Å². The zero-order valence-corrected chi connectivity index (χ0v) is 15.4. The summed E-state index contributed by atoms with van der Waals surface area (Å²) in [6, 6.07) is 9.40. The summed E-state index contributed by atoms with van der Waals surface area (Å²) in [6.07, 6.45) is 0. The maximum absolute atomic E-state index is 13.0. The molecule has 0 radical (unpaired) electrons. The smallest absolute Gasteiger partial charge is 0.223 e. The molecule has 1 fully saturated rings. The van der Waals surface area contributed by atoms with Crippen molar-refractivity contribution in [2.24, 2.45) is 0 Å². The lowest BCUT2D eigenvalue weighted by molar-refractivity contribution is 0.309. The van der Waals surface area contributed by atoms with E-state index in [1.165, 1.54) is 18.2 Å². The largest absolute Gasteiger partial charge is 0.243 e. The summed E-state index contributed by atoms with van der Waals surface area (Å²) in [7, 11) is -7.40. The molecule has 0 atom stereocenters. The molecule has 1 saturated heterocycles. The minimum Gasteiger partial charge on any atom is -0.223 e. The van der Waals surface area contributed by atoms with Crippen LogP contribution in [0.5, 0.6) is 0 Å². The Balaban J connectivity index is 1.79. The van der Waals surface area contributed by atoms with E-state index >= 15 is 0 Å². The highest BCUT2D eigenvalue weighted by molar-refractivity contribution is 7.92. The van der Waals surface area contributed by atoms with Gasteiger partial charge in [0.05, 0.1) is 15.0 Å². The Hall–Kier alpha value is -1.77. The molecule has 0 spiro atoms. The molecule has 1 aliphatic heterocycles. The fraction of sp³-hybridized carbons (Fsp3) is 0.294. The van der Waals surface area contributed by atoms with Crippen molar-refractivity contribution in [2.45, 2.75) is 28.9 Å². The molecule has 2 aromatic rings. The number of sulfonamides is 1. The first-order chi connectivity index (χ1) is 11.6. The molecule has 0 saturated carbocycles. The number of aryl methyl sites for hydroxylation is 2. The third kappa shape index (κ3) is 3.21. The van der Waals surface area contributed by atoms with Gasteiger partial charge in [0.25, 0.3) is 0 Å².